The zero-order valence-corrected chi connectivity index (χ0v) is 13.1. The van der Waals surface area contributed by atoms with Gasteiger partial charge in [-0.1, -0.05) is 23.2 Å². The minimum Gasteiger partial charge on any atom is -0.375 e. The molecule has 1 fully saturated rings. The van der Waals surface area contributed by atoms with Gasteiger partial charge in [0.1, 0.15) is 6.61 Å². The molecular weight excluding hydrogens is 299 g/mol. The highest BCUT2D eigenvalue weighted by molar-refractivity contribution is 6.36. The molecule has 2 rings (SSSR count). The Kier molecular flexibility index (Phi) is 5.44. The predicted octanol–water partition coefficient (Wildman–Crippen LogP) is 4.15. The van der Waals surface area contributed by atoms with Crippen LogP contribution < -0.4 is 0 Å². The van der Waals surface area contributed by atoms with E-state index in [2.05, 4.69) is 0 Å². The molecule has 110 valence electrons. The first-order valence-electron chi connectivity index (χ1n) is 6.71. The van der Waals surface area contributed by atoms with E-state index in [4.69, 9.17) is 32.7 Å². The Hall–Kier alpha value is -0.610. The Bertz CT molecular complexity index is 480. The van der Waals surface area contributed by atoms with Crippen molar-refractivity contribution in [3.8, 4) is 0 Å². The van der Waals surface area contributed by atoms with Gasteiger partial charge in [-0.15, -0.1) is 0 Å². The van der Waals surface area contributed by atoms with Crippen molar-refractivity contribution in [1.82, 2.24) is 0 Å². The van der Waals surface area contributed by atoms with Crippen molar-refractivity contribution in [2.24, 2.45) is 0 Å². The van der Waals surface area contributed by atoms with Gasteiger partial charge in [0.05, 0.1) is 23.3 Å². The van der Waals surface area contributed by atoms with Gasteiger partial charge < -0.3 is 9.47 Å². The van der Waals surface area contributed by atoms with Gasteiger partial charge in [-0.05, 0) is 44.9 Å². The van der Waals surface area contributed by atoms with E-state index in [9.17, 15) is 4.79 Å². The Labute approximate surface area is 129 Å². The third kappa shape index (κ3) is 4.19. The molecule has 0 aromatic heterocycles. The van der Waals surface area contributed by atoms with Gasteiger partial charge in [-0.25, -0.2) is 0 Å². The van der Waals surface area contributed by atoms with Crippen LogP contribution in [0.15, 0.2) is 18.2 Å². The van der Waals surface area contributed by atoms with E-state index in [1.807, 2.05) is 13.8 Å². The van der Waals surface area contributed by atoms with Gasteiger partial charge in [0.2, 0.25) is 0 Å². The number of Topliss-reactive ketones (excluding diaryl/α,β-unsaturated/α-hetero) is 1. The summed E-state index contributed by atoms with van der Waals surface area (Å²) >= 11 is 11.8. The molecule has 20 heavy (non-hydrogen) atoms. The lowest BCUT2D eigenvalue weighted by molar-refractivity contribution is -0.0975. The molecular formula is C15H18Cl2O3. The first-order chi connectivity index (χ1) is 9.45. The molecule has 3 nitrogen and oxygen atoms in total. The summed E-state index contributed by atoms with van der Waals surface area (Å²) in [5, 5.41) is 0.874. The fraction of sp³-hybridized carbons (Fsp3) is 0.533. The van der Waals surface area contributed by atoms with Crippen LogP contribution in [0.1, 0.15) is 37.0 Å². The molecule has 5 heteroatoms. The standard InChI is InChI=1S/C15H18Cl2O3/c1-9-5-12(6-10(2)20-9)19-8-15(18)13-4-3-11(16)7-14(13)17/h3-4,7,9-10,12H,5-6,8H2,1-2H3. The number of rotatable bonds is 4. The minimum atomic E-state index is -0.126. The van der Waals surface area contributed by atoms with Crippen molar-refractivity contribution in [2.75, 3.05) is 6.61 Å². The third-order valence-electron chi connectivity index (χ3n) is 3.34. The Morgan fingerprint density at radius 3 is 2.55 bits per heavy atom. The van der Waals surface area contributed by atoms with Crippen LogP contribution in [0.5, 0.6) is 0 Å². The molecule has 1 aromatic carbocycles. The number of halogens is 2. The molecule has 0 saturated carbocycles. The van der Waals surface area contributed by atoms with Crippen LogP contribution in [0.2, 0.25) is 10.0 Å². The van der Waals surface area contributed by atoms with Crippen molar-refractivity contribution in [1.29, 1.82) is 0 Å². The van der Waals surface area contributed by atoms with Gasteiger partial charge in [-0.2, -0.15) is 0 Å². The van der Waals surface area contributed by atoms with Crippen LogP contribution in [0.25, 0.3) is 0 Å². The maximum absolute atomic E-state index is 12.1. The number of hydrogen-bond acceptors (Lipinski definition) is 3. The highest BCUT2D eigenvalue weighted by Gasteiger charge is 2.25. The van der Waals surface area contributed by atoms with Crippen molar-refractivity contribution >= 4 is 29.0 Å². The smallest absolute Gasteiger partial charge is 0.189 e. The van der Waals surface area contributed by atoms with E-state index in [0.29, 0.717) is 15.6 Å². The molecule has 0 spiro atoms. The fourth-order valence-electron chi connectivity index (χ4n) is 2.47. The number of benzene rings is 1. The predicted molar refractivity (Wildman–Crippen MR) is 79.8 cm³/mol. The Morgan fingerprint density at radius 1 is 1.30 bits per heavy atom. The molecule has 1 aliphatic rings. The second kappa shape index (κ2) is 6.90. The zero-order chi connectivity index (χ0) is 14.7. The fourth-order valence-corrected chi connectivity index (χ4v) is 2.98. The van der Waals surface area contributed by atoms with Gasteiger partial charge >= 0.3 is 0 Å². The number of carbonyl (C=O) groups excluding carboxylic acids is 1. The van der Waals surface area contributed by atoms with Crippen molar-refractivity contribution < 1.29 is 14.3 Å². The topological polar surface area (TPSA) is 35.5 Å². The van der Waals surface area contributed by atoms with E-state index in [-0.39, 0.29) is 30.7 Å². The number of carbonyl (C=O) groups is 1. The lowest BCUT2D eigenvalue weighted by Crippen LogP contribution is -2.35. The average molecular weight is 317 g/mol. The SMILES string of the molecule is CC1CC(OCC(=O)c2ccc(Cl)cc2Cl)CC(C)O1. The number of hydrogen-bond donors (Lipinski definition) is 0. The van der Waals surface area contributed by atoms with Crippen LogP contribution in [0.3, 0.4) is 0 Å². The van der Waals surface area contributed by atoms with Gasteiger partial charge in [0, 0.05) is 10.6 Å². The maximum atomic E-state index is 12.1. The molecule has 1 aromatic rings. The molecule has 0 N–H and O–H groups in total. The minimum absolute atomic E-state index is 0.0332. The van der Waals surface area contributed by atoms with Gasteiger partial charge in [-0.3, -0.25) is 4.79 Å². The molecule has 0 amide bonds. The van der Waals surface area contributed by atoms with E-state index in [1.54, 1.807) is 18.2 Å². The van der Waals surface area contributed by atoms with Gasteiger partial charge in [0.25, 0.3) is 0 Å². The lowest BCUT2D eigenvalue weighted by atomic mass is 10.0. The molecule has 0 bridgehead atoms. The normalized spacial score (nSPS) is 26.5. The summed E-state index contributed by atoms with van der Waals surface area (Å²) in [6.45, 7) is 4.07. The van der Waals surface area contributed by atoms with E-state index in [1.165, 1.54) is 0 Å². The summed E-state index contributed by atoms with van der Waals surface area (Å²) in [5.74, 6) is -0.126. The second-order valence-electron chi connectivity index (χ2n) is 5.21. The van der Waals surface area contributed by atoms with Crippen molar-refractivity contribution in [3.63, 3.8) is 0 Å². The summed E-state index contributed by atoms with van der Waals surface area (Å²) in [6, 6.07) is 4.85. The molecule has 1 heterocycles. The lowest BCUT2D eigenvalue weighted by Gasteiger charge is -2.31. The van der Waals surface area contributed by atoms with Crippen LogP contribution in [0.4, 0.5) is 0 Å². The van der Waals surface area contributed by atoms with Crippen LogP contribution in [-0.4, -0.2) is 30.7 Å². The number of ether oxygens (including phenoxy) is 2. The van der Waals surface area contributed by atoms with Crippen LogP contribution in [-0.2, 0) is 9.47 Å². The van der Waals surface area contributed by atoms with E-state index >= 15 is 0 Å². The van der Waals surface area contributed by atoms with E-state index < -0.39 is 0 Å². The molecule has 1 aliphatic heterocycles. The highest BCUT2D eigenvalue weighted by atomic mass is 35.5. The monoisotopic (exact) mass is 316 g/mol. The Morgan fingerprint density at radius 2 is 1.95 bits per heavy atom. The summed E-state index contributed by atoms with van der Waals surface area (Å²) in [6.07, 6.45) is 2.01. The molecule has 1 saturated heterocycles. The third-order valence-corrected chi connectivity index (χ3v) is 3.88. The summed E-state index contributed by atoms with van der Waals surface area (Å²) in [5.41, 5.74) is 0.448. The van der Waals surface area contributed by atoms with E-state index in [0.717, 1.165) is 12.8 Å². The van der Waals surface area contributed by atoms with Crippen molar-refractivity contribution in [3.05, 3.63) is 33.8 Å². The molecule has 0 radical (unpaired) electrons. The summed E-state index contributed by atoms with van der Waals surface area (Å²) in [7, 11) is 0. The maximum Gasteiger partial charge on any atom is 0.189 e. The van der Waals surface area contributed by atoms with Crippen molar-refractivity contribution in [2.45, 2.75) is 45.0 Å². The van der Waals surface area contributed by atoms with Crippen LogP contribution >= 0.6 is 23.2 Å². The number of ketones is 1. The summed E-state index contributed by atoms with van der Waals surface area (Å²) in [4.78, 5) is 12.1. The Balaban J connectivity index is 1.91. The van der Waals surface area contributed by atoms with Gasteiger partial charge in [0.15, 0.2) is 5.78 Å². The largest absolute Gasteiger partial charge is 0.375 e. The molecule has 2 unspecified atom stereocenters. The summed E-state index contributed by atoms with van der Waals surface area (Å²) < 4.78 is 11.3. The highest BCUT2D eigenvalue weighted by Crippen LogP contribution is 2.24. The first-order valence-corrected chi connectivity index (χ1v) is 7.46. The average Bonchev–Trinajstić information content (AvgIpc) is 2.35. The quantitative estimate of drug-likeness (QED) is 0.783. The second-order valence-corrected chi connectivity index (χ2v) is 6.05. The zero-order valence-electron chi connectivity index (χ0n) is 11.6. The molecule has 2 atom stereocenters. The van der Waals surface area contributed by atoms with Crippen LogP contribution in [0, 0.1) is 0 Å². The first kappa shape index (κ1) is 15.8. The molecule has 0 aliphatic carbocycles.